The highest BCUT2D eigenvalue weighted by molar-refractivity contribution is 6.75. The number of cyclic esters (lactones) is 3. The molecule has 12 heteroatoms. The Morgan fingerprint density at radius 2 is 0.600 bits per heavy atom. The quantitative estimate of drug-likeness (QED) is 0.107. The lowest BCUT2D eigenvalue weighted by atomic mass is 9.85. The van der Waals surface area contributed by atoms with Crippen LogP contribution in [0.3, 0.4) is 0 Å². The predicted molar refractivity (Wildman–Crippen MR) is 256 cm³/mol. The topological polar surface area (TPSA) is 107 Å². The largest absolute Gasteiger partial charge is 0.462 e. The van der Waals surface area contributed by atoms with E-state index in [4.69, 9.17) is 27.5 Å². The normalized spacial score (nSPS) is 32.1. The van der Waals surface area contributed by atoms with E-state index in [0.717, 1.165) is 38.5 Å². The highest BCUT2D eigenvalue weighted by Crippen LogP contribution is 2.44. The third kappa shape index (κ3) is 14.7. The average molecular weight is 902 g/mol. The second-order valence-corrected chi connectivity index (χ2v) is 37.5. The predicted octanol–water partition coefficient (Wildman–Crippen LogP) is 13.1. The third-order valence-corrected chi connectivity index (χ3v) is 28.6. The molecule has 3 aliphatic rings. The summed E-state index contributed by atoms with van der Waals surface area (Å²) in [6, 6.07) is 0. The summed E-state index contributed by atoms with van der Waals surface area (Å²) >= 11 is 0. The van der Waals surface area contributed by atoms with Crippen LogP contribution >= 0.6 is 0 Å². The number of carbonyl (C=O) groups excluding carboxylic acids is 3. The summed E-state index contributed by atoms with van der Waals surface area (Å²) in [4.78, 5) is 36.3. The van der Waals surface area contributed by atoms with Gasteiger partial charge < -0.3 is 27.5 Å². The molecule has 0 aromatic heterocycles. The van der Waals surface area contributed by atoms with E-state index in [2.05, 4.69) is 143 Å². The lowest BCUT2D eigenvalue weighted by Gasteiger charge is -2.46. The summed E-state index contributed by atoms with van der Waals surface area (Å²) < 4.78 is 36.4. The Bertz CT molecular complexity index is 1200. The lowest BCUT2D eigenvalue weighted by molar-refractivity contribution is -0.177. The van der Waals surface area contributed by atoms with Crippen molar-refractivity contribution in [2.75, 3.05) is 0 Å². The second kappa shape index (κ2) is 22.2. The van der Waals surface area contributed by atoms with Crippen molar-refractivity contribution in [3.8, 4) is 0 Å². The van der Waals surface area contributed by atoms with Gasteiger partial charge in [-0.15, -0.1) is 0 Å². The van der Waals surface area contributed by atoms with Gasteiger partial charge in [0.1, 0.15) is 18.3 Å². The van der Waals surface area contributed by atoms with Crippen molar-refractivity contribution in [1.82, 2.24) is 0 Å². The molecule has 0 unspecified atom stereocenters. The van der Waals surface area contributed by atoms with Crippen molar-refractivity contribution < 1.29 is 41.9 Å². The number of carbonyl (C=O) groups is 3. The molecule has 3 fully saturated rings. The molecule has 0 N–H and O–H groups in total. The first kappa shape index (κ1) is 57.0. The van der Waals surface area contributed by atoms with Crippen LogP contribution in [0, 0.1) is 35.5 Å². The van der Waals surface area contributed by atoms with Crippen LogP contribution in [0.4, 0.5) is 0 Å². The van der Waals surface area contributed by atoms with Gasteiger partial charge in [-0.1, -0.05) is 123 Å². The Balaban J connectivity index is 0.000000450. The van der Waals surface area contributed by atoms with Gasteiger partial charge in [-0.2, -0.15) is 0 Å². The molecule has 0 spiro atoms. The summed E-state index contributed by atoms with van der Waals surface area (Å²) in [5.41, 5.74) is 0. The van der Waals surface area contributed by atoms with Gasteiger partial charge in [0.2, 0.25) is 0 Å². The Kier molecular flexibility index (Phi) is 21.1. The fourth-order valence-electron chi connectivity index (χ4n) is 7.49. The molecule has 0 saturated carbocycles. The highest BCUT2D eigenvalue weighted by Gasteiger charge is 2.50. The summed E-state index contributed by atoms with van der Waals surface area (Å²) in [6.07, 6.45) is 5.90. The van der Waals surface area contributed by atoms with E-state index >= 15 is 0 Å². The van der Waals surface area contributed by atoms with E-state index in [9.17, 15) is 14.4 Å². The summed E-state index contributed by atoms with van der Waals surface area (Å²) in [6.45, 7) is 52.3. The first-order valence-electron chi connectivity index (χ1n) is 23.7. The van der Waals surface area contributed by atoms with Crippen molar-refractivity contribution in [2.45, 2.75) is 254 Å². The van der Waals surface area contributed by atoms with Gasteiger partial charge in [-0.05, 0) is 94.4 Å². The van der Waals surface area contributed by atoms with E-state index < -0.39 is 25.0 Å². The number of ether oxygens (including phenoxy) is 3. The Labute approximate surface area is 373 Å². The van der Waals surface area contributed by atoms with Crippen molar-refractivity contribution in [1.29, 1.82) is 0 Å². The molecule has 0 aromatic rings. The van der Waals surface area contributed by atoms with E-state index in [1.54, 1.807) is 0 Å². The van der Waals surface area contributed by atoms with Crippen LogP contribution in [0.5, 0.6) is 0 Å². The summed E-state index contributed by atoms with van der Waals surface area (Å²) in [5, 5.41) is 0.482. The lowest BCUT2D eigenvalue weighted by Crippen LogP contribution is -2.54. The van der Waals surface area contributed by atoms with Crippen LogP contribution in [0.25, 0.3) is 0 Å². The monoisotopic (exact) mass is 901 g/mol. The standard InChI is InChI=1S/3C16H32O3Si/c3*1-9-10-13-11(2)14(12(3)15(17)18-13)19-20(7,8)16(4,5)6/h3*11-14H,9-10H2,1-8H3/t2*11-,12+,13-,14+;11-,12-,13+,14-/m111/s1. The number of hydrogen-bond donors (Lipinski definition) is 0. The molecular formula is C48H96O9Si3. The first-order chi connectivity index (χ1) is 27.0. The van der Waals surface area contributed by atoms with E-state index in [1.165, 1.54) is 0 Å². The van der Waals surface area contributed by atoms with Crippen LogP contribution in [0.2, 0.25) is 54.4 Å². The van der Waals surface area contributed by atoms with Gasteiger partial charge in [0.05, 0.1) is 36.1 Å². The van der Waals surface area contributed by atoms with Crippen LogP contribution in [0.15, 0.2) is 0 Å². The molecule has 354 valence electrons. The van der Waals surface area contributed by atoms with Gasteiger partial charge in [0.15, 0.2) is 25.0 Å². The van der Waals surface area contributed by atoms with Gasteiger partial charge >= 0.3 is 17.9 Å². The molecule has 0 bridgehead atoms. The molecule has 3 rings (SSSR count). The first-order valence-corrected chi connectivity index (χ1v) is 32.4. The maximum absolute atomic E-state index is 12.1. The number of rotatable bonds is 12. The van der Waals surface area contributed by atoms with Gasteiger partial charge in [-0.3, -0.25) is 14.4 Å². The molecule has 12 atom stereocenters. The van der Waals surface area contributed by atoms with Crippen molar-refractivity contribution >= 4 is 42.9 Å². The Hall–Kier alpha value is -1.06. The molecule has 0 aliphatic carbocycles. The number of hydrogen-bond acceptors (Lipinski definition) is 9. The fraction of sp³-hybridized carbons (Fsp3) is 0.938. The minimum absolute atomic E-state index is 0.00584. The van der Waals surface area contributed by atoms with E-state index in [1.807, 2.05) is 20.8 Å². The number of esters is 3. The van der Waals surface area contributed by atoms with Crippen LogP contribution in [0.1, 0.15) is 163 Å². The molecule has 0 amide bonds. The molecule has 0 radical (unpaired) electrons. The maximum atomic E-state index is 12.1. The van der Waals surface area contributed by atoms with Crippen molar-refractivity contribution in [2.24, 2.45) is 35.5 Å². The van der Waals surface area contributed by atoms with Crippen LogP contribution in [-0.4, -0.2) is 79.5 Å². The molecule has 0 aromatic carbocycles. The SMILES string of the molecule is CCC[C@@H]1OC(=O)[C@H](C)[C@H](O[Si](C)(C)C(C)(C)C)[C@@H]1C.CCC[C@H]1OC(=O)[C@@H](C)[C@@H](O[Si](C)(C)C(C)(C)C)[C@@H]1C.CCC[C@H]1OC(=O)[C@@H](C)[C@@H](O[Si](C)(C)C(C)(C)C)[C@@H]1C. The minimum atomic E-state index is -1.87. The minimum Gasteiger partial charge on any atom is -0.462 e. The van der Waals surface area contributed by atoms with Gasteiger partial charge in [0, 0.05) is 17.8 Å². The summed E-state index contributed by atoms with van der Waals surface area (Å²) in [7, 11) is -5.60. The highest BCUT2D eigenvalue weighted by atomic mass is 28.4. The van der Waals surface area contributed by atoms with Crippen molar-refractivity contribution in [3.63, 3.8) is 0 Å². The Morgan fingerprint density at radius 1 is 0.417 bits per heavy atom. The maximum Gasteiger partial charge on any atom is 0.311 e. The van der Waals surface area contributed by atoms with Gasteiger partial charge in [0.25, 0.3) is 0 Å². The third-order valence-electron chi connectivity index (χ3n) is 15.1. The van der Waals surface area contributed by atoms with Crippen LogP contribution < -0.4 is 0 Å². The smallest absolute Gasteiger partial charge is 0.311 e. The van der Waals surface area contributed by atoms with Crippen molar-refractivity contribution in [3.05, 3.63) is 0 Å². The zero-order valence-electron chi connectivity index (χ0n) is 43.3. The molecule has 3 aliphatic heterocycles. The average Bonchev–Trinajstić information content (AvgIpc) is 3.10. The molecule has 60 heavy (non-hydrogen) atoms. The van der Waals surface area contributed by atoms with E-state index in [-0.39, 0.29) is 105 Å². The van der Waals surface area contributed by atoms with E-state index in [0.29, 0.717) is 0 Å². The fourth-order valence-corrected chi connectivity index (χ4v) is 11.9. The van der Waals surface area contributed by atoms with Crippen LogP contribution in [-0.2, 0) is 41.9 Å². The molecule has 9 nitrogen and oxygen atoms in total. The second-order valence-electron chi connectivity index (χ2n) is 23.3. The zero-order valence-corrected chi connectivity index (χ0v) is 46.3. The summed E-state index contributed by atoms with van der Waals surface area (Å²) in [5.74, 6) is 0.0674. The molecular weight excluding hydrogens is 805 g/mol. The Morgan fingerprint density at radius 3 is 0.750 bits per heavy atom. The zero-order chi connectivity index (χ0) is 47.1. The molecule has 3 saturated heterocycles. The van der Waals surface area contributed by atoms with Gasteiger partial charge in [-0.25, -0.2) is 0 Å². The molecule has 3 heterocycles.